The van der Waals surface area contributed by atoms with Crippen LogP contribution in [0.4, 0.5) is 0 Å². The van der Waals surface area contributed by atoms with Gasteiger partial charge in [-0.15, -0.1) is 0 Å². The Bertz CT molecular complexity index is 792. The largest absolute Gasteiger partial charge is 0.340 e. The van der Waals surface area contributed by atoms with Gasteiger partial charge < -0.3 is 4.90 Å². The van der Waals surface area contributed by atoms with Crippen molar-refractivity contribution < 1.29 is 13.2 Å². The van der Waals surface area contributed by atoms with Gasteiger partial charge in [-0.05, 0) is 37.8 Å². The molecular weight excluding hydrogens is 372 g/mol. The van der Waals surface area contributed by atoms with E-state index in [2.05, 4.69) is 4.90 Å². The lowest BCUT2D eigenvalue weighted by molar-refractivity contribution is -0.142. The minimum Gasteiger partial charge on any atom is -0.340 e. The lowest BCUT2D eigenvalue weighted by Gasteiger charge is -2.45. The zero-order valence-electron chi connectivity index (χ0n) is 14.8. The third-order valence-electron chi connectivity index (χ3n) is 6.18. The van der Waals surface area contributed by atoms with Crippen molar-refractivity contribution in [3.05, 3.63) is 29.3 Å². The lowest BCUT2D eigenvalue weighted by Crippen LogP contribution is -2.59. The van der Waals surface area contributed by atoms with Crippen molar-refractivity contribution in [3.63, 3.8) is 0 Å². The molecule has 1 aromatic carbocycles. The van der Waals surface area contributed by atoms with Crippen molar-refractivity contribution in [1.29, 1.82) is 0 Å². The molecule has 0 bridgehead atoms. The molecule has 0 unspecified atom stereocenters. The van der Waals surface area contributed by atoms with Crippen LogP contribution in [-0.4, -0.2) is 61.1 Å². The van der Waals surface area contributed by atoms with Gasteiger partial charge in [0.05, 0.1) is 21.2 Å². The van der Waals surface area contributed by atoms with Crippen molar-refractivity contribution in [2.45, 2.75) is 60.8 Å². The first-order valence-electron chi connectivity index (χ1n) is 9.51. The second kappa shape index (κ2) is 7.13. The fraction of sp³-hybridized carbons (Fsp3) is 0.632. The van der Waals surface area contributed by atoms with Crippen LogP contribution in [0.5, 0.6) is 0 Å². The maximum atomic E-state index is 12.9. The Morgan fingerprint density at radius 1 is 1.04 bits per heavy atom. The topological polar surface area (TPSA) is 57.7 Å². The van der Waals surface area contributed by atoms with Crippen LogP contribution in [0.15, 0.2) is 29.2 Å². The molecule has 3 aliphatic rings. The number of rotatable bonds is 4. The van der Waals surface area contributed by atoms with Crippen LogP contribution in [0.25, 0.3) is 0 Å². The smallest absolute Gasteiger partial charge is 0.240 e. The fourth-order valence-corrected chi connectivity index (χ4v) is 6.81. The molecule has 1 aliphatic carbocycles. The van der Waals surface area contributed by atoms with Crippen molar-refractivity contribution in [3.8, 4) is 0 Å². The van der Waals surface area contributed by atoms with Gasteiger partial charge in [0.2, 0.25) is 5.91 Å². The van der Waals surface area contributed by atoms with Crippen LogP contribution in [0.2, 0.25) is 5.02 Å². The number of hydrogen-bond acceptors (Lipinski definition) is 4. The van der Waals surface area contributed by atoms with Gasteiger partial charge in [0.1, 0.15) is 0 Å². The van der Waals surface area contributed by atoms with E-state index in [4.69, 9.17) is 11.6 Å². The summed E-state index contributed by atoms with van der Waals surface area (Å²) < 4.78 is 25.8. The van der Waals surface area contributed by atoms with E-state index in [9.17, 15) is 13.2 Å². The summed E-state index contributed by atoms with van der Waals surface area (Å²) in [5.74, 6) is 0.111. The van der Waals surface area contributed by atoms with E-state index in [1.807, 2.05) is 0 Å². The Hall–Kier alpha value is -1.11. The van der Waals surface area contributed by atoms with E-state index in [1.165, 1.54) is 25.7 Å². The number of carbonyl (C=O) groups is 1. The Kier molecular flexibility index (Phi) is 5.01. The summed E-state index contributed by atoms with van der Waals surface area (Å²) in [5, 5.41) is -0.310. The van der Waals surface area contributed by atoms with E-state index in [0.717, 1.165) is 13.0 Å². The highest BCUT2D eigenvalue weighted by molar-refractivity contribution is 7.92. The molecule has 0 aromatic heterocycles. The summed E-state index contributed by atoms with van der Waals surface area (Å²) in [6.07, 6.45) is 6.26. The molecule has 26 heavy (non-hydrogen) atoms. The quantitative estimate of drug-likeness (QED) is 0.785. The van der Waals surface area contributed by atoms with Crippen molar-refractivity contribution in [2.75, 3.05) is 19.6 Å². The lowest BCUT2D eigenvalue weighted by atomic mass is 9.97. The summed E-state index contributed by atoms with van der Waals surface area (Å²) in [6.45, 7) is 1.79. The molecule has 2 heterocycles. The predicted octanol–water partition coefficient (Wildman–Crippen LogP) is 2.73. The molecule has 0 radical (unpaired) electrons. The monoisotopic (exact) mass is 396 g/mol. The zero-order chi connectivity index (χ0) is 18.3. The highest BCUT2D eigenvalue weighted by Gasteiger charge is 2.44. The first-order chi connectivity index (χ1) is 12.5. The number of benzene rings is 1. The minimum absolute atomic E-state index is 0.0418. The maximum Gasteiger partial charge on any atom is 0.240 e. The van der Waals surface area contributed by atoms with Gasteiger partial charge in [-0.3, -0.25) is 9.69 Å². The van der Waals surface area contributed by atoms with Crippen LogP contribution < -0.4 is 0 Å². The Balaban J connectivity index is 1.43. The molecule has 7 heteroatoms. The Morgan fingerprint density at radius 2 is 1.77 bits per heavy atom. The normalized spacial score (nSPS) is 27.7. The number of halogens is 1. The van der Waals surface area contributed by atoms with Crippen molar-refractivity contribution >= 4 is 27.3 Å². The molecule has 0 N–H and O–H groups in total. The van der Waals surface area contributed by atoms with Gasteiger partial charge in [0, 0.05) is 25.7 Å². The van der Waals surface area contributed by atoms with Crippen LogP contribution in [0, 0.1) is 0 Å². The van der Waals surface area contributed by atoms with Gasteiger partial charge in [0.15, 0.2) is 9.84 Å². The van der Waals surface area contributed by atoms with Gasteiger partial charge in [0.25, 0.3) is 0 Å². The number of amides is 1. The van der Waals surface area contributed by atoms with Crippen LogP contribution in [0.1, 0.15) is 38.5 Å². The molecule has 5 nitrogen and oxygen atoms in total. The molecule has 1 saturated carbocycles. The van der Waals surface area contributed by atoms with Gasteiger partial charge >= 0.3 is 0 Å². The average molecular weight is 397 g/mol. The van der Waals surface area contributed by atoms with Crippen LogP contribution in [0.3, 0.4) is 0 Å². The third kappa shape index (κ3) is 3.16. The van der Waals surface area contributed by atoms with Crippen LogP contribution in [-0.2, 0) is 14.6 Å². The summed E-state index contributed by atoms with van der Waals surface area (Å²) in [6, 6.07) is 7.06. The standard InChI is InChI=1S/C19H25ClN2O3S/c20-16-7-3-4-8-18(16)26(24,25)15-9-11-21(13-15)19(23)17-10-12-22(17)14-5-1-2-6-14/h3-4,7-8,14-15,17H,1-2,5-6,9-13H2/t15-,17+/m1/s1. The molecule has 2 atom stereocenters. The van der Waals surface area contributed by atoms with Gasteiger partial charge in [-0.1, -0.05) is 36.6 Å². The van der Waals surface area contributed by atoms with Crippen molar-refractivity contribution in [1.82, 2.24) is 9.80 Å². The molecular formula is C19H25ClN2O3S. The second-order valence-electron chi connectivity index (χ2n) is 7.65. The molecule has 3 fully saturated rings. The molecule has 142 valence electrons. The molecule has 2 aliphatic heterocycles. The van der Waals surface area contributed by atoms with Crippen molar-refractivity contribution in [2.24, 2.45) is 0 Å². The highest BCUT2D eigenvalue weighted by Crippen LogP contribution is 2.34. The van der Waals surface area contributed by atoms with Gasteiger partial charge in [-0.25, -0.2) is 8.42 Å². The van der Waals surface area contributed by atoms with E-state index in [0.29, 0.717) is 19.0 Å². The van der Waals surface area contributed by atoms with E-state index in [1.54, 1.807) is 29.2 Å². The second-order valence-corrected chi connectivity index (χ2v) is 10.3. The summed E-state index contributed by atoms with van der Waals surface area (Å²) in [4.78, 5) is 17.2. The Labute approximate surface area is 160 Å². The number of carbonyl (C=O) groups excluding carboxylic acids is 1. The Morgan fingerprint density at radius 3 is 2.42 bits per heavy atom. The number of nitrogens with zero attached hydrogens (tertiary/aromatic N) is 2. The molecule has 1 amide bonds. The SMILES string of the molecule is O=C([C@@H]1CCN1C1CCCC1)N1CC[C@@H](S(=O)(=O)c2ccccc2Cl)C1. The molecule has 0 spiro atoms. The average Bonchev–Trinajstić information content (AvgIpc) is 3.26. The maximum absolute atomic E-state index is 12.9. The van der Waals surface area contributed by atoms with E-state index in [-0.39, 0.29) is 28.4 Å². The van der Waals surface area contributed by atoms with E-state index < -0.39 is 15.1 Å². The highest BCUT2D eigenvalue weighted by atomic mass is 35.5. The first-order valence-corrected chi connectivity index (χ1v) is 11.4. The number of sulfone groups is 1. The summed E-state index contributed by atoms with van der Waals surface area (Å²) in [7, 11) is -3.52. The van der Waals surface area contributed by atoms with Gasteiger partial charge in [-0.2, -0.15) is 0 Å². The fourth-order valence-electron chi connectivity index (χ4n) is 4.59. The number of hydrogen-bond donors (Lipinski definition) is 0. The predicted molar refractivity (Wildman–Crippen MR) is 101 cm³/mol. The summed E-state index contributed by atoms with van der Waals surface area (Å²) in [5.41, 5.74) is 0. The third-order valence-corrected chi connectivity index (χ3v) is 8.85. The van der Waals surface area contributed by atoms with E-state index >= 15 is 0 Å². The first kappa shape index (κ1) is 18.3. The zero-order valence-corrected chi connectivity index (χ0v) is 16.4. The molecule has 1 aromatic rings. The summed E-state index contributed by atoms with van der Waals surface area (Å²) >= 11 is 6.09. The minimum atomic E-state index is -3.52. The molecule has 4 rings (SSSR count). The number of likely N-dealkylation sites (tertiary alicyclic amines) is 2. The molecule has 2 saturated heterocycles. The van der Waals surface area contributed by atoms with Crippen LogP contribution >= 0.6 is 11.6 Å².